The van der Waals surface area contributed by atoms with E-state index in [1.807, 2.05) is 18.2 Å². The molecule has 0 bridgehead atoms. The molecule has 1 aliphatic heterocycles. The minimum Gasteiger partial charge on any atom is -0.493 e. The number of thiocarbonyl (C=S) groups is 1. The van der Waals surface area contributed by atoms with E-state index in [1.54, 1.807) is 20.2 Å². The van der Waals surface area contributed by atoms with Crippen LogP contribution in [0, 0.1) is 6.92 Å². The Morgan fingerprint density at radius 3 is 2.53 bits per heavy atom. The number of thioether (sulfide) groups is 1. The Morgan fingerprint density at radius 1 is 1.12 bits per heavy atom. The van der Waals surface area contributed by atoms with Crippen LogP contribution in [0.15, 0.2) is 41.3 Å². The van der Waals surface area contributed by atoms with Gasteiger partial charge in [-0.15, -0.1) is 0 Å². The summed E-state index contributed by atoms with van der Waals surface area (Å²) >= 11 is 6.51. The molecule has 2 aromatic rings. The molecular weight excluding hydrogens is 442 g/mol. The van der Waals surface area contributed by atoms with Crippen LogP contribution in [0.1, 0.15) is 42.9 Å². The van der Waals surface area contributed by atoms with Gasteiger partial charge in [0.2, 0.25) is 0 Å². The van der Waals surface area contributed by atoms with Crippen molar-refractivity contribution in [1.29, 1.82) is 0 Å². The van der Waals surface area contributed by atoms with Gasteiger partial charge in [0, 0.05) is 19.0 Å². The Kier molecular flexibility index (Phi) is 8.21. The molecule has 0 aromatic heterocycles. The first kappa shape index (κ1) is 24.1. The average molecular weight is 472 g/mol. The quantitative estimate of drug-likeness (QED) is 0.261. The van der Waals surface area contributed by atoms with Crippen molar-refractivity contribution >= 4 is 40.3 Å². The van der Waals surface area contributed by atoms with Crippen LogP contribution in [0.5, 0.6) is 17.2 Å². The van der Waals surface area contributed by atoms with Crippen LogP contribution in [0.3, 0.4) is 0 Å². The normalized spacial score (nSPS) is 15.1. The van der Waals surface area contributed by atoms with Crippen molar-refractivity contribution in [2.75, 3.05) is 27.4 Å². The third kappa shape index (κ3) is 5.64. The van der Waals surface area contributed by atoms with Gasteiger partial charge in [-0.1, -0.05) is 62.1 Å². The van der Waals surface area contributed by atoms with Crippen molar-refractivity contribution in [2.24, 2.45) is 0 Å². The lowest BCUT2D eigenvalue weighted by molar-refractivity contribution is -0.121. The Morgan fingerprint density at radius 2 is 1.88 bits per heavy atom. The molecular formula is C25H29NO4S2. The maximum Gasteiger partial charge on any atom is 0.265 e. The van der Waals surface area contributed by atoms with Crippen LogP contribution in [0.2, 0.25) is 0 Å². The van der Waals surface area contributed by atoms with E-state index in [1.165, 1.54) is 27.8 Å². The summed E-state index contributed by atoms with van der Waals surface area (Å²) in [5.74, 6) is 2.44. The number of aryl methyl sites for hydroxylation is 1. The number of amides is 1. The van der Waals surface area contributed by atoms with Crippen molar-refractivity contribution < 1.29 is 19.0 Å². The fourth-order valence-electron chi connectivity index (χ4n) is 3.31. The van der Waals surface area contributed by atoms with Crippen LogP contribution in [0.4, 0.5) is 0 Å². The molecule has 170 valence electrons. The lowest BCUT2D eigenvalue weighted by atomic mass is 10.0. The first-order valence-corrected chi connectivity index (χ1v) is 11.8. The number of para-hydroxylation sites is 1. The Hall–Kier alpha value is -2.51. The van der Waals surface area contributed by atoms with E-state index >= 15 is 0 Å². The molecule has 0 spiro atoms. The van der Waals surface area contributed by atoms with Crippen molar-refractivity contribution in [3.05, 3.63) is 58.0 Å². The summed E-state index contributed by atoms with van der Waals surface area (Å²) in [7, 11) is 3.28. The van der Waals surface area contributed by atoms with Gasteiger partial charge in [0.15, 0.2) is 11.5 Å². The molecule has 5 nitrogen and oxygen atoms in total. The standard InChI is InChI=1S/C25H29NO4S2/c1-16(2)19-11-10-17(3)14-21(19)29-12-7-13-30-23-18(8-6-9-20(23)28-5)15-22-24(27)26(4)25(31)32-22/h6,8-11,14-16H,7,12-13H2,1-5H3/b22-15+. The first-order valence-electron chi connectivity index (χ1n) is 10.6. The average Bonchev–Trinajstić information content (AvgIpc) is 3.00. The van der Waals surface area contributed by atoms with Gasteiger partial charge in [0.05, 0.1) is 25.2 Å². The minimum atomic E-state index is -0.110. The second kappa shape index (κ2) is 10.9. The number of hydrogen-bond acceptors (Lipinski definition) is 6. The molecule has 7 heteroatoms. The molecule has 32 heavy (non-hydrogen) atoms. The van der Waals surface area contributed by atoms with Gasteiger partial charge in [0.1, 0.15) is 10.1 Å². The Bertz CT molecular complexity index is 1030. The number of carbonyl (C=O) groups excluding carboxylic acids is 1. The number of likely N-dealkylation sites (N-methyl/N-ethyl adjacent to an activating group) is 1. The molecule has 0 radical (unpaired) electrons. The SMILES string of the molecule is COc1cccc(/C=C2/SC(=S)N(C)C2=O)c1OCCCOc1cc(C)ccc1C(C)C. The highest BCUT2D eigenvalue weighted by atomic mass is 32.2. The largest absolute Gasteiger partial charge is 0.493 e. The number of methoxy groups -OCH3 is 1. The predicted octanol–water partition coefficient (Wildman–Crippen LogP) is 5.81. The molecule has 1 amide bonds. The number of carbonyl (C=O) groups is 1. The van der Waals surface area contributed by atoms with Gasteiger partial charge >= 0.3 is 0 Å². The predicted molar refractivity (Wildman–Crippen MR) is 135 cm³/mol. The summed E-state index contributed by atoms with van der Waals surface area (Å²) in [6.07, 6.45) is 2.51. The second-order valence-corrected chi connectivity index (χ2v) is 9.54. The van der Waals surface area contributed by atoms with Crippen LogP contribution in [-0.2, 0) is 4.79 Å². The highest BCUT2D eigenvalue weighted by molar-refractivity contribution is 8.26. The maximum atomic E-state index is 12.4. The zero-order valence-electron chi connectivity index (χ0n) is 19.1. The minimum absolute atomic E-state index is 0.110. The number of nitrogens with zero attached hydrogens (tertiary/aromatic N) is 1. The zero-order valence-corrected chi connectivity index (χ0v) is 20.8. The van der Waals surface area contributed by atoms with Gasteiger partial charge in [0.25, 0.3) is 5.91 Å². The van der Waals surface area contributed by atoms with E-state index in [9.17, 15) is 4.79 Å². The first-order chi connectivity index (χ1) is 15.3. The van der Waals surface area contributed by atoms with Gasteiger partial charge < -0.3 is 14.2 Å². The van der Waals surface area contributed by atoms with Gasteiger partial charge in [-0.05, 0) is 42.2 Å². The number of benzene rings is 2. The van der Waals surface area contributed by atoms with Gasteiger partial charge in [-0.25, -0.2) is 0 Å². The third-order valence-corrected chi connectivity index (χ3v) is 6.57. The van der Waals surface area contributed by atoms with E-state index in [2.05, 4.69) is 39.0 Å². The molecule has 1 saturated heterocycles. The number of rotatable bonds is 9. The maximum absolute atomic E-state index is 12.4. The van der Waals surface area contributed by atoms with E-state index < -0.39 is 0 Å². The zero-order chi connectivity index (χ0) is 23.3. The molecule has 0 unspecified atom stereocenters. The fourth-order valence-corrected chi connectivity index (χ4v) is 4.48. The molecule has 3 rings (SSSR count). The molecule has 2 aromatic carbocycles. The molecule has 0 saturated carbocycles. The van der Waals surface area contributed by atoms with Crippen LogP contribution in [0.25, 0.3) is 6.08 Å². The van der Waals surface area contributed by atoms with E-state index in [0.29, 0.717) is 46.3 Å². The molecule has 0 aliphatic carbocycles. The summed E-state index contributed by atoms with van der Waals surface area (Å²) in [5, 5.41) is 0. The Labute approximate surface area is 199 Å². The smallest absolute Gasteiger partial charge is 0.265 e. The van der Waals surface area contributed by atoms with Crippen LogP contribution >= 0.6 is 24.0 Å². The highest BCUT2D eigenvalue weighted by Crippen LogP contribution is 2.37. The number of hydrogen-bond donors (Lipinski definition) is 0. The van der Waals surface area contributed by atoms with Crippen LogP contribution in [-0.4, -0.2) is 42.5 Å². The highest BCUT2D eigenvalue weighted by Gasteiger charge is 2.29. The second-order valence-electron chi connectivity index (χ2n) is 7.87. The van der Waals surface area contributed by atoms with E-state index in [-0.39, 0.29) is 5.91 Å². The molecule has 0 N–H and O–H groups in total. The number of ether oxygens (including phenoxy) is 3. The molecule has 0 atom stereocenters. The summed E-state index contributed by atoms with van der Waals surface area (Å²) in [6.45, 7) is 7.39. The third-order valence-electron chi connectivity index (χ3n) is 5.09. The summed E-state index contributed by atoms with van der Waals surface area (Å²) in [5.41, 5.74) is 3.16. The van der Waals surface area contributed by atoms with Crippen molar-refractivity contribution in [2.45, 2.75) is 33.1 Å². The summed E-state index contributed by atoms with van der Waals surface area (Å²) < 4.78 is 18.2. The fraction of sp³-hybridized carbons (Fsp3) is 0.360. The van der Waals surface area contributed by atoms with Crippen LogP contribution < -0.4 is 14.2 Å². The summed E-state index contributed by atoms with van der Waals surface area (Å²) in [6, 6.07) is 11.9. The Balaban J connectivity index is 1.66. The summed E-state index contributed by atoms with van der Waals surface area (Å²) in [4.78, 5) is 14.4. The van der Waals surface area contributed by atoms with E-state index in [0.717, 1.165) is 11.3 Å². The van der Waals surface area contributed by atoms with Crippen molar-refractivity contribution in [3.63, 3.8) is 0 Å². The lowest BCUT2D eigenvalue weighted by Crippen LogP contribution is -2.22. The monoisotopic (exact) mass is 471 g/mol. The van der Waals surface area contributed by atoms with Gasteiger partial charge in [-0.3, -0.25) is 9.69 Å². The molecule has 1 fully saturated rings. The topological polar surface area (TPSA) is 48.0 Å². The van der Waals surface area contributed by atoms with Crippen molar-refractivity contribution in [3.8, 4) is 17.2 Å². The molecule has 1 heterocycles. The van der Waals surface area contributed by atoms with E-state index in [4.69, 9.17) is 26.4 Å². The van der Waals surface area contributed by atoms with Crippen molar-refractivity contribution in [1.82, 2.24) is 4.90 Å². The molecule has 1 aliphatic rings. The van der Waals surface area contributed by atoms with Gasteiger partial charge in [-0.2, -0.15) is 0 Å². The lowest BCUT2D eigenvalue weighted by Gasteiger charge is -2.16.